The Hall–Kier alpha value is -3.51. The number of aromatic hydroxyl groups is 1. The third-order valence-electron chi connectivity index (χ3n) is 4.04. The number of fused-ring (bicyclic) bond motifs is 1. The second-order valence-corrected chi connectivity index (χ2v) is 6.78. The SMILES string of the molecule is O=C(NN=Cc1cccs1)c1cc(-c2ccccc2O)nc2ccccc12. The molecule has 1 amide bonds. The molecule has 0 spiro atoms. The van der Waals surface area contributed by atoms with Gasteiger partial charge in [-0.05, 0) is 35.7 Å². The first-order chi connectivity index (χ1) is 13.2. The van der Waals surface area contributed by atoms with E-state index in [4.69, 9.17) is 0 Å². The Morgan fingerprint density at radius 2 is 1.89 bits per heavy atom. The molecule has 5 nitrogen and oxygen atoms in total. The number of hydrazone groups is 1. The van der Waals surface area contributed by atoms with Gasteiger partial charge >= 0.3 is 0 Å². The van der Waals surface area contributed by atoms with E-state index in [9.17, 15) is 9.90 Å². The molecule has 0 aliphatic rings. The van der Waals surface area contributed by atoms with Crippen LogP contribution in [-0.2, 0) is 0 Å². The zero-order valence-corrected chi connectivity index (χ0v) is 15.0. The van der Waals surface area contributed by atoms with Crippen molar-refractivity contribution in [2.75, 3.05) is 0 Å². The zero-order valence-electron chi connectivity index (χ0n) is 14.2. The van der Waals surface area contributed by atoms with Crippen molar-refractivity contribution in [2.45, 2.75) is 0 Å². The molecule has 0 unspecified atom stereocenters. The van der Waals surface area contributed by atoms with Gasteiger partial charge in [-0.2, -0.15) is 5.10 Å². The summed E-state index contributed by atoms with van der Waals surface area (Å²) in [5, 5.41) is 16.8. The number of aromatic nitrogens is 1. The van der Waals surface area contributed by atoms with Crippen LogP contribution in [0.5, 0.6) is 5.75 Å². The maximum absolute atomic E-state index is 12.7. The minimum Gasteiger partial charge on any atom is -0.507 e. The van der Waals surface area contributed by atoms with E-state index in [-0.39, 0.29) is 11.7 Å². The molecular weight excluding hydrogens is 358 g/mol. The van der Waals surface area contributed by atoms with Gasteiger partial charge in [-0.15, -0.1) is 11.3 Å². The molecule has 4 rings (SSSR count). The second kappa shape index (κ2) is 7.39. The van der Waals surface area contributed by atoms with Crippen molar-refractivity contribution < 1.29 is 9.90 Å². The minimum atomic E-state index is -0.335. The summed E-state index contributed by atoms with van der Waals surface area (Å²) in [6.45, 7) is 0. The number of para-hydroxylation sites is 2. The van der Waals surface area contributed by atoms with E-state index in [0.29, 0.717) is 22.3 Å². The summed E-state index contributed by atoms with van der Waals surface area (Å²) in [5.41, 5.74) is 4.78. The summed E-state index contributed by atoms with van der Waals surface area (Å²) in [6, 6.07) is 19.8. The number of pyridine rings is 1. The number of benzene rings is 2. The number of thiophene rings is 1. The average Bonchev–Trinajstić information content (AvgIpc) is 3.21. The van der Waals surface area contributed by atoms with Gasteiger partial charge in [-0.25, -0.2) is 10.4 Å². The third kappa shape index (κ3) is 3.56. The molecule has 0 aliphatic carbocycles. The number of nitrogens with one attached hydrogen (secondary N) is 1. The van der Waals surface area contributed by atoms with E-state index in [2.05, 4.69) is 15.5 Å². The number of phenolic OH excluding ortho intramolecular Hbond substituents is 1. The summed E-state index contributed by atoms with van der Waals surface area (Å²) >= 11 is 1.54. The molecule has 0 aliphatic heterocycles. The van der Waals surface area contributed by atoms with Crippen LogP contribution in [0.15, 0.2) is 77.2 Å². The van der Waals surface area contributed by atoms with E-state index in [0.717, 1.165) is 10.3 Å². The average molecular weight is 373 g/mol. The molecule has 0 saturated carbocycles. The summed E-state index contributed by atoms with van der Waals surface area (Å²) in [6.07, 6.45) is 1.61. The van der Waals surface area contributed by atoms with Crippen molar-refractivity contribution in [3.8, 4) is 17.0 Å². The molecule has 0 saturated heterocycles. The number of hydrogen-bond acceptors (Lipinski definition) is 5. The largest absolute Gasteiger partial charge is 0.507 e. The molecule has 0 radical (unpaired) electrons. The molecular formula is C21H15N3O2S. The Balaban J connectivity index is 1.74. The highest BCUT2D eigenvalue weighted by molar-refractivity contribution is 7.11. The quantitative estimate of drug-likeness (QED) is 0.410. The van der Waals surface area contributed by atoms with E-state index < -0.39 is 0 Å². The molecule has 2 aromatic heterocycles. The Labute approximate surface area is 159 Å². The van der Waals surface area contributed by atoms with Gasteiger partial charge in [-0.1, -0.05) is 36.4 Å². The van der Waals surface area contributed by atoms with Crippen molar-refractivity contribution in [1.29, 1.82) is 0 Å². The predicted octanol–water partition coefficient (Wildman–Crippen LogP) is 4.43. The van der Waals surface area contributed by atoms with Crippen LogP contribution in [0, 0.1) is 0 Å². The Kier molecular flexibility index (Phi) is 4.63. The second-order valence-electron chi connectivity index (χ2n) is 5.80. The number of amides is 1. The first-order valence-electron chi connectivity index (χ1n) is 8.27. The van der Waals surface area contributed by atoms with Gasteiger partial charge in [-0.3, -0.25) is 4.79 Å². The number of phenols is 1. The Morgan fingerprint density at radius 3 is 2.70 bits per heavy atom. The summed E-state index contributed by atoms with van der Waals surface area (Å²) in [5.74, 6) is -0.222. The fraction of sp³-hybridized carbons (Fsp3) is 0. The smallest absolute Gasteiger partial charge is 0.272 e. The van der Waals surface area contributed by atoms with E-state index in [1.165, 1.54) is 11.3 Å². The monoisotopic (exact) mass is 373 g/mol. The number of carbonyl (C=O) groups is 1. The Morgan fingerprint density at radius 1 is 1.07 bits per heavy atom. The predicted molar refractivity (Wildman–Crippen MR) is 108 cm³/mol. The van der Waals surface area contributed by atoms with Crippen molar-refractivity contribution >= 4 is 34.4 Å². The van der Waals surface area contributed by atoms with Crippen LogP contribution in [-0.4, -0.2) is 22.2 Å². The van der Waals surface area contributed by atoms with Crippen LogP contribution in [0.1, 0.15) is 15.2 Å². The lowest BCUT2D eigenvalue weighted by Crippen LogP contribution is -2.18. The van der Waals surface area contributed by atoms with Gasteiger partial charge < -0.3 is 5.11 Å². The third-order valence-corrected chi connectivity index (χ3v) is 4.85. The highest BCUT2D eigenvalue weighted by Crippen LogP contribution is 2.30. The van der Waals surface area contributed by atoms with Gasteiger partial charge in [0.05, 0.1) is 23.0 Å². The maximum Gasteiger partial charge on any atom is 0.272 e. The lowest BCUT2D eigenvalue weighted by atomic mass is 10.0. The van der Waals surface area contributed by atoms with Gasteiger partial charge in [0.15, 0.2) is 0 Å². The van der Waals surface area contributed by atoms with Crippen molar-refractivity contribution in [2.24, 2.45) is 5.10 Å². The van der Waals surface area contributed by atoms with Crippen LogP contribution in [0.4, 0.5) is 0 Å². The molecule has 2 N–H and O–H groups in total. The lowest BCUT2D eigenvalue weighted by Gasteiger charge is -2.10. The van der Waals surface area contributed by atoms with Crippen molar-refractivity contribution in [3.05, 3.63) is 82.6 Å². The first-order valence-corrected chi connectivity index (χ1v) is 9.15. The van der Waals surface area contributed by atoms with Gasteiger partial charge in [0.25, 0.3) is 5.91 Å². The molecule has 0 atom stereocenters. The highest BCUT2D eigenvalue weighted by atomic mass is 32.1. The fourth-order valence-electron chi connectivity index (χ4n) is 2.77. The van der Waals surface area contributed by atoms with Crippen LogP contribution < -0.4 is 5.43 Å². The normalized spacial score (nSPS) is 11.1. The first kappa shape index (κ1) is 16.9. The summed E-state index contributed by atoms with van der Waals surface area (Å²) < 4.78 is 0. The molecule has 2 heterocycles. The molecule has 0 fully saturated rings. The van der Waals surface area contributed by atoms with Crippen LogP contribution in [0.2, 0.25) is 0 Å². The van der Waals surface area contributed by atoms with Gasteiger partial charge in [0.2, 0.25) is 0 Å². The van der Waals surface area contributed by atoms with E-state index >= 15 is 0 Å². The van der Waals surface area contributed by atoms with Gasteiger partial charge in [0, 0.05) is 15.8 Å². The van der Waals surface area contributed by atoms with E-state index in [1.54, 1.807) is 30.5 Å². The fourth-order valence-corrected chi connectivity index (χ4v) is 3.36. The highest BCUT2D eigenvalue weighted by Gasteiger charge is 2.15. The molecule has 132 valence electrons. The standard InChI is InChI=1S/C21H15N3O2S/c25-20-10-4-2-8-16(20)19-12-17(15-7-1-3-9-18(15)23-19)21(26)24-22-13-14-6-5-11-27-14/h1-13,25H,(H,24,26). The molecule has 6 heteroatoms. The molecule has 0 bridgehead atoms. The van der Waals surface area contributed by atoms with Crippen molar-refractivity contribution in [3.63, 3.8) is 0 Å². The summed E-state index contributed by atoms with van der Waals surface area (Å²) in [7, 11) is 0. The molecule has 2 aromatic carbocycles. The number of hydrogen-bond donors (Lipinski definition) is 2. The number of rotatable bonds is 4. The minimum absolute atomic E-state index is 0.113. The van der Waals surface area contributed by atoms with Crippen LogP contribution >= 0.6 is 11.3 Å². The number of nitrogens with zero attached hydrogens (tertiary/aromatic N) is 2. The van der Waals surface area contributed by atoms with Crippen molar-refractivity contribution in [1.82, 2.24) is 10.4 Å². The lowest BCUT2D eigenvalue weighted by molar-refractivity contribution is 0.0956. The van der Waals surface area contributed by atoms with E-state index in [1.807, 2.05) is 47.8 Å². The molecule has 4 aromatic rings. The number of carbonyl (C=O) groups excluding carboxylic acids is 1. The van der Waals surface area contributed by atoms with Crippen LogP contribution in [0.3, 0.4) is 0 Å². The summed E-state index contributed by atoms with van der Waals surface area (Å²) in [4.78, 5) is 18.3. The van der Waals surface area contributed by atoms with Crippen LogP contribution in [0.25, 0.3) is 22.2 Å². The zero-order chi connectivity index (χ0) is 18.6. The Bertz CT molecular complexity index is 1140. The van der Waals surface area contributed by atoms with Gasteiger partial charge in [0.1, 0.15) is 5.75 Å². The maximum atomic E-state index is 12.7. The molecule has 27 heavy (non-hydrogen) atoms. The topological polar surface area (TPSA) is 74.6 Å².